The zero-order valence-electron chi connectivity index (χ0n) is 9.34. The van der Waals surface area contributed by atoms with Gasteiger partial charge in [0.15, 0.2) is 0 Å². The first-order chi connectivity index (χ1) is 7.74. The summed E-state index contributed by atoms with van der Waals surface area (Å²) in [7, 11) is 0. The van der Waals surface area contributed by atoms with Gasteiger partial charge < -0.3 is 9.47 Å². The van der Waals surface area contributed by atoms with Crippen molar-refractivity contribution in [1.82, 2.24) is 0 Å². The second-order valence-corrected chi connectivity index (χ2v) is 3.80. The predicted molar refractivity (Wildman–Crippen MR) is 62.6 cm³/mol. The second kappa shape index (κ2) is 7.47. The van der Waals surface area contributed by atoms with E-state index in [2.05, 4.69) is 6.92 Å². The van der Waals surface area contributed by atoms with E-state index in [1.807, 2.05) is 0 Å². The minimum atomic E-state index is -0.467. The number of rotatable bonds is 7. The van der Waals surface area contributed by atoms with Crippen molar-refractivity contribution in [3.63, 3.8) is 0 Å². The maximum Gasteiger partial charge on any atom is 0.145 e. The van der Waals surface area contributed by atoms with Crippen LogP contribution in [0, 0.1) is 5.82 Å². The summed E-state index contributed by atoms with van der Waals surface area (Å²) in [5.41, 5.74) is 0. The van der Waals surface area contributed by atoms with Gasteiger partial charge in [0.2, 0.25) is 0 Å². The van der Waals surface area contributed by atoms with Gasteiger partial charge >= 0.3 is 0 Å². The van der Waals surface area contributed by atoms with Crippen LogP contribution in [0.3, 0.4) is 0 Å². The zero-order chi connectivity index (χ0) is 11.8. The van der Waals surface area contributed by atoms with Crippen molar-refractivity contribution in [3.8, 4) is 5.75 Å². The normalized spacial score (nSPS) is 10.4. The van der Waals surface area contributed by atoms with Gasteiger partial charge in [-0.2, -0.15) is 0 Å². The molecule has 0 atom stereocenters. The van der Waals surface area contributed by atoms with Crippen LogP contribution in [-0.2, 0) is 4.74 Å². The van der Waals surface area contributed by atoms with Crippen molar-refractivity contribution in [3.05, 3.63) is 29.0 Å². The van der Waals surface area contributed by atoms with Gasteiger partial charge in [0.25, 0.3) is 0 Å². The Morgan fingerprint density at radius 2 is 2.06 bits per heavy atom. The zero-order valence-corrected chi connectivity index (χ0v) is 10.1. The molecule has 0 aliphatic rings. The molecule has 0 N–H and O–H groups in total. The number of benzene rings is 1. The minimum Gasteiger partial charge on any atom is -0.491 e. The molecular weight excluding hydrogens is 231 g/mol. The maximum absolute atomic E-state index is 13.0. The van der Waals surface area contributed by atoms with Crippen LogP contribution in [0.5, 0.6) is 5.75 Å². The molecule has 0 unspecified atom stereocenters. The molecule has 0 radical (unpaired) electrons. The van der Waals surface area contributed by atoms with Crippen LogP contribution < -0.4 is 4.74 Å². The molecule has 0 saturated carbocycles. The van der Waals surface area contributed by atoms with Crippen LogP contribution in [0.1, 0.15) is 19.8 Å². The number of hydrogen-bond donors (Lipinski definition) is 0. The van der Waals surface area contributed by atoms with Crippen LogP contribution in [0.4, 0.5) is 4.39 Å². The molecule has 90 valence electrons. The average Bonchev–Trinajstić information content (AvgIpc) is 2.28. The van der Waals surface area contributed by atoms with Crippen molar-refractivity contribution < 1.29 is 13.9 Å². The molecule has 0 saturated heterocycles. The Morgan fingerprint density at radius 3 is 2.75 bits per heavy atom. The van der Waals surface area contributed by atoms with Crippen molar-refractivity contribution >= 4 is 11.6 Å². The summed E-state index contributed by atoms with van der Waals surface area (Å²) in [4.78, 5) is 0. The van der Waals surface area contributed by atoms with Gasteiger partial charge in [-0.3, -0.25) is 0 Å². The van der Waals surface area contributed by atoms with E-state index in [0.717, 1.165) is 19.4 Å². The molecule has 4 heteroatoms. The van der Waals surface area contributed by atoms with E-state index >= 15 is 0 Å². The summed E-state index contributed by atoms with van der Waals surface area (Å²) >= 11 is 5.54. The first-order valence-electron chi connectivity index (χ1n) is 5.39. The van der Waals surface area contributed by atoms with Crippen molar-refractivity contribution in [2.75, 3.05) is 19.8 Å². The van der Waals surface area contributed by atoms with E-state index in [9.17, 15) is 4.39 Å². The fraction of sp³-hybridized carbons (Fsp3) is 0.500. The minimum absolute atomic E-state index is 0.103. The Labute approximate surface area is 100 Å². The Hall–Kier alpha value is -0.800. The highest BCUT2D eigenvalue weighted by Crippen LogP contribution is 2.20. The van der Waals surface area contributed by atoms with Gasteiger partial charge in [-0.25, -0.2) is 4.39 Å². The number of ether oxygens (including phenoxy) is 2. The molecule has 0 heterocycles. The fourth-order valence-electron chi connectivity index (χ4n) is 1.13. The van der Waals surface area contributed by atoms with Crippen molar-refractivity contribution in [2.24, 2.45) is 0 Å². The van der Waals surface area contributed by atoms with E-state index in [0.29, 0.717) is 19.0 Å². The van der Waals surface area contributed by atoms with Crippen LogP contribution in [0.15, 0.2) is 18.2 Å². The van der Waals surface area contributed by atoms with Crippen molar-refractivity contribution in [2.45, 2.75) is 19.8 Å². The summed E-state index contributed by atoms with van der Waals surface area (Å²) in [6.07, 6.45) is 2.17. The molecule has 0 aliphatic carbocycles. The Kier molecular flexibility index (Phi) is 6.19. The number of hydrogen-bond acceptors (Lipinski definition) is 2. The molecule has 0 aliphatic heterocycles. The average molecular weight is 247 g/mol. The van der Waals surface area contributed by atoms with Crippen LogP contribution in [-0.4, -0.2) is 19.8 Å². The topological polar surface area (TPSA) is 18.5 Å². The SMILES string of the molecule is CCCCOCCOc1ccc(Cl)c(F)c1. The van der Waals surface area contributed by atoms with Gasteiger partial charge in [0.05, 0.1) is 11.6 Å². The first-order valence-corrected chi connectivity index (χ1v) is 5.77. The monoisotopic (exact) mass is 246 g/mol. The molecular formula is C12H16ClFO2. The predicted octanol–water partition coefficient (Wildman–Crippen LogP) is 3.67. The molecule has 0 aromatic heterocycles. The van der Waals surface area contributed by atoms with Gasteiger partial charge in [0, 0.05) is 12.7 Å². The van der Waals surface area contributed by atoms with E-state index in [4.69, 9.17) is 21.1 Å². The molecule has 0 spiro atoms. The fourth-order valence-corrected chi connectivity index (χ4v) is 1.25. The Morgan fingerprint density at radius 1 is 1.25 bits per heavy atom. The lowest BCUT2D eigenvalue weighted by Gasteiger charge is -2.07. The molecule has 0 amide bonds. The smallest absolute Gasteiger partial charge is 0.145 e. The van der Waals surface area contributed by atoms with Gasteiger partial charge in [-0.05, 0) is 18.6 Å². The van der Waals surface area contributed by atoms with Crippen LogP contribution in [0.2, 0.25) is 5.02 Å². The summed E-state index contributed by atoms with van der Waals surface area (Å²) in [6.45, 7) is 3.79. The molecule has 16 heavy (non-hydrogen) atoms. The largest absolute Gasteiger partial charge is 0.491 e. The molecule has 0 bridgehead atoms. The van der Waals surface area contributed by atoms with Crippen molar-refractivity contribution in [1.29, 1.82) is 0 Å². The third kappa shape index (κ3) is 4.81. The second-order valence-electron chi connectivity index (χ2n) is 3.39. The van der Waals surface area contributed by atoms with Crippen LogP contribution >= 0.6 is 11.6 Å². The molecule has 2 nitrogen and oxygen atoms in total. The number of halogens is 2. The van der Waals surface area contributed by atoms with Gasteiger partial charge in [-0.15, -0.1) is 0 Å². The maximum atomic E-state index is 13.0. The molecule has 1 aromatic carbocycles. The van der Waals surface area contributed by atoms with E-state index < -0.39 is 5.82 Å². The summed E-state index contributed by atoms with van der Waals surface area (Å²) in [6, 6.07) is 4.38. The quantitative estimate of drug-likeness (QED) is 0.684. The lowest BCUT2D eigenvalue weighted by molar-refractivity contribution is 0.0979. The standard InChI is InChI=1S/C12H16ClFO2/c1-2-3-6-15-7-8-16-10-4-5-11(13)12(14)9-10/h4-5,9H,2-3,6-8H2,1H3. The van der Waals surface area contributed by atoms with Gasteiger partial charge in [-0.1, -0.05) is 24.9 Å². The van der Waals surface area contributed by atoms with E-state index in [1.54, 1.807) is 6.07 Å². The van der Waals surface area contributed by atoms with Crippen LogP contribution in [0.25, 0.3) is 0 Å². The Balaban J connectivity index is 2.19. The lowest BCUT2D eigenvalue weighted by atomic mass is 10.3. The molecule has 0 fully saturated rings. The summed E-state index contributed by atoms with van der Waals surface area (Å²) in [5, 5.41) is 0.103. The highest BCUT2D eigenvalue weighted by atomic mass is 35.5. The Bertz CT molecular complexity index is 318. The van der Waals surface area contributed by atoms with E-state index in [-0.39, 0.29) is 5.02 Å². The third-order valence-electron chi connectivity index (χ3n) is 2.03. The van der Waals surface area contributed by atoms with Gasteiger partial charge in [0.1, 0.15) is 18.2 Å². The molecule has 1 aromatic rings. The van der Waals surface area contributed by atoms with E-state index in [1.165, 1.54) is 12.1 Å². The molecule has 1 rings (SSSR count). The summed E-state index contributed by atoms with van der Waals surface area (Å²) in [5.74, 6) is 0.00654. The third-order valence-corrected chi connectivity index (χ3v) is 2.34. The first kappa shape index (κ1) is 13.3. The highest BCUT2D eigenvalue weighted by Gasteiger charge is 2.01. The summed E-state index contributed by atoms with van der Waals surface area (Å²) < 4.78 is 23.6. The number of unbranched alkanes of at least 4 members (excludes halogenated alkanes) is 1. The lowest BCUT2D eigenvalue weighted by Crippen LogP contribution is -2.07. The highest BCUT2D eigenvalue weighted by molar-refractivity contribution is 6.30.